The Balaban J connectivity index is 2.40. The Hall–Kier alpha value is -0.570. The zero-order chi connectivity index (χ0) is 11.3. The average Bonchev–Trinajstić information content (AvgIpc) is 2.63. The van der Waals surface area contributed by atoms with E-state index in [1.807, 2.05) is 0 Å². The predicted octanol–water partition coefficient (Wildman–Crippen LogP) is 2.36. The van der Waals surface area contributed by atoms with Crippen LogP contribution in [0.15, 0.2) is 0 Å². The molecule has 0 atom stereocenters. The SMILES string of the molecule is CC(C)CCN(CC(=O)O)C1CCCC1. The Bertz CT molecular complexity index is 198. The van der Waals surface area contributed by atoms with Crippen LogP contribution in [0, 0.1) is 5.92 Å². The Morgan fingerprint density at radius 2 is 2.00 bits per heavy atom. The molecular weight excluding hydrogens is 190 g/mol. The van der Waals surface area contributed by atoms with Gasteiger partial charge in [0.25, 0.3) is 0 Å². The van der Waals surface area contributed by atoms with Crippen molar-refractivity contribution in [3.05, 3.63) is 0 Å². The summed E-state index contributed by atoms with van der Waals surface area (Å²) >= 11 is 0. The van der Waals surface area contributed by atoms with Crippen molar-refractivity contribution in [2.45, 2.75) is 52.0 Å². The zero-order valence-electron chi connectivity index (χ0n) is 9.91. The van der Waals surface area contributed by atoms with Crippen molar-refractivity contribution < 1.29 is 9.90 Å². The van der Waals surface area contributed by atoms with Gasteiger partial charge in [-0.15, -0.1) is 0 Å². The molecule has 0 aliphatic heterocycles. The number of nitrogens with zero attached hydrogens (tertiary/aromatic N) is 1. The maximum Gasteiger partial charge on any atom is 0.317 e. The van der Waals surface area contributed by atoms with Gasteiger partial charge < -0.3 is 5.11 Å². The predicted molar refractivity (Wildman–Crippen MR) is 60.9 cm³/mol. The van der Waals surface area contributed by atoms with Crippen molar-refractivity contribution in [3.8, 4) is 0 Å². The standard InChI is InChI=1S/C12H23NO2/c1-10(2)7-8-13(9-12(14)15)11-5-3-4-6-11/h10-11H,3-9H2,1-2H3,(H,14,15). The molecule has 1 fully saturated rings. The normalized spacial score (nSPS) is 17.9. The maximum atomic E-state index is 10.8. The van der Waals surface area contributed by atoms with Crippen molar-refractivity contribution in [1.29, 1.82) is 0 Å². The largest absolute Gasteiger partial charge is 0.480 e. The number of carbonyl (C=O) groups is 1. The van der Waals surface area contributed by atoms with Gasteiger partial charge in [-0.1, -0.05) is 26.7 Å². The van der Waals surface area contributed by atoms with Gasteiger partial charge in [-0.25, -0.2) is 0 Å². The number of aliphatic carboxylic acids is 1. The smallest absolute Gasteiger partial charge is 0.317 e. The van der Waals surface area contributed by atoms with Crippen LogP contribution in [0.5, 0.6) is 0 Å². The Kier molecular flexibility index (Phi) is 5.09. The third-order valence-electron chi connectivity index (χ3n) is 3.17. The molecule has 0 aromatic carbocycles. The topological polar surface area (TPSA) is 40.5 Å². The number of hydrogen-bond acceptors (Lipinski definition) is 2. The van der Waals surface area contributed by atoms with Crippen LogP contribution >= 0.6 is 0 Å². The van der Waals surface area contributed by atoms with Crippen molar-refractivity contribution in [3.63, 3.8) is 0 Å². The van der Waals surface area contributed by atoms with Crippen molar-refractivity contribution >= 4 is 5.97 Å². The van der Waals surface area contributed by atoms with Gasteiger partial charge in [0.05, 0.1) is 6.54 Å². The lowest BCUT2D eigenvalue weighted by Crippen LogP contribution is -2.38. The second-order valence-electron chi connectivity index (χ2n) is 4.99. The molecule has 3 heteroatoms. The van der Waals surface area contributed by atoms with E-state index in [0.717, 1.165) is 13.0 Å². The molecule has 0 heterocycles. The van der Waals surface area contributed by atoms with Crippen LogP contribution < -0.4 is 0 Å². The van der Waals surface area contributed by atoms with E-state index in [1.165, 1.54) is 25.7 Å². The summed E-state index contributed by atoms with van der Waals surface area (Å²) in [5.74, 6) is -0.0339. The molecule has 3 nitrogen and oxygen atoms in total. The molecule has 0 radical (unpaired) electrons. The van der Waals surface area contributed by atoms with E-state index in [0.29, 0.717) is 12.0 Å². The number of carboxylic acid groups (broad SMARTS) is 1. The summed E-state index contributed by atoms with van der Waals surface area (Å²) in [6.45, 7) is 5.53. The highest BCUT2D eigenvalue weighted by molar-refractivity contribution is 5.69. The fraction of sp³-hybridized carbons (Fsp3) is 0.917. The van der Waals surface area contributed by atoms with Crippen LogP contribution in [0.3, 0.4) is 0 Å². The third-order valence-corrected chi connectivity index (χ3v) is 3.17. The average molecular weight is 213 g/mol. The monoisotopic (exact) mass is 213 g/mol. The highest BCUT2D eigenvalue weighted by Crippen LogP contribution is 2.23. The summed E-state index contributed by atoms with van der Waals surface area (Å²) in [6.07, 6.45) is 6.01. The van der Waals surface area contributed by atoms with Crippen molar-refractivity contribution in [1.82, 2.24) is 4.90 Å². The molecule has 0 aromatic rings. The Morgan fingerprint density at radius 1 is 1.40 bits per heavy atom. The van der Waals surface area contributed by atoms with Crippen LogP contribution in [-0.2, 0) is 4.79 Å². The van der Waals surface area contributed by atoms with E-state index in [9.17, 15) is 4.79 Å². The summed E-state index contributed by atoms with van der Waals surface area (Å²) in [6, 6.07) is 0.528. The minimum absolute atomic E-state index is 0.220. The number of rotatable bonds is 6. The van der Waals surface area contributed by atoms with Crippen LogP contribution in [0.25, 0.3) is 0 Å². The second-order valence-corrected chi connectivity index (χ2v) is 4.99. The first kappa shape index (κ1) is 12.5. The van der Waals surface area contributed by atoms with E-state index in [-0.39, 0.29) is 6.54 Å². The number of carboxylic acids is 1. The fourth-order valence-corrected chi connectivity index (χ4v) is 2.26. The summed E-state index contributed by atoms with van der Waals surface area (Å²) in [5.41, 5.74) is 0. The molecule has 15 heavy (non-hydrogen) atoms. The van der Waals surface area contributed by atoms with E-state index < -0.39 is 5.97 Å². The minimum atomic E-state index is -0.689. The molecule has 0 unspecified atom stereocenters. The summed E-state index contributed by atoms with van der Waals surface area (Å²) in [4.78, 5) is 12.9. The molecule has 0 aromatic heterocycles. The molecule has 1 N–H and O–H groups in total. The quantitative estimate of drug-likeness (QED) is 0.736. The molecule has 1 aliphatic rings. The Morgan fingerprint density at radius 3 is 2.47 bits per heavy atom. The van der Waals surface area contributed by atoms with Gasteiger partial charge in [0.15, 0.2) is 0 Å². The lowest BCUT2D eigenvalue weighted by Gasteiger charge is -2.27. The third kappa shape index (κ3) is 4.65. The van der Waals surface area contributed by atoms with Crippen molar-refractivity contribution in [2.24, 2.45) is 5.92 Å². The highest BCUT2D eigenvalue weighted by atomic mass is 16.4. The molecule has 1 rings (SSSR count). The molecule has 0 spiro atoms. The Labute approximate surface area is 92.5 Å². The molecule has 0 saturated heterocycles. The first-order valence-corrected chi connectivity index (χ1v) is 6.05. The van der Waals surface area contributed by atoms with E-state index in [4.69, 9.17) is 5.11 Å². The maximum absolute atomic E-state index is 10.8. The molecule has 0 amide bonds. The first-order valence-electron chi connectivity index (χ1n) is 6.05. The van der Waals surface area contributed by atoms with Gasteiger partial charge >= 0.3 is 5.97 Å². The van der Waals surface area contributed by atoms with Gasteiger partial charge in [0.1, 0.15) is 0 Å². The number of hydrogen-bond donors (Lipinski definition) is 1. The summed E-state index contributed by atoms with van der Waals surface area (Å²) in [5, 5.41) is 8.87. The van der Waals surface area contributed by atoms with Crippen molar-refractivity contribution in [2.75, 3.05) is 13.1 Å². The lowest BCUT2D eigenvalue weighted by atomic mass is 10.1. The summed E-state index contributed by atoms with van der Waals surface area (Å²) in [7, 11) is 0. The minimum Gasteiger partial charge on any atom is -0.480 e. The molecule has 88 valence electrons. The lowest BCUT2D eigenvalue weighted by molar-refractivity contribution is -0.139. The van der Waals surface area contributed by atoms with E-state index in [2.05, 4.69) is 18.7 Å². The molecule has 0 bridgehead atoms. The molecular formula is C12H23NO2. The second kappa shape index (κ2) is 6.11. The van der Waals surface area contributed by atoms with Gasteiger partial charge in [0.2, 0.25) is 0 Å². The van der Waals surface area contributed by atoms with Gasteiger partial charge in [-0.3, -0.25) is 9.69 Å². The van der Waals surface area contributed by atoms with Gasteiger partial charge in [0, 0.05) is 6.04 Å². The molecule has 1 aliphatic carbocycles. The first-order chi connectivity index (χ1) is 7.09. The van der Waals surface area contributed by atoms with Gasteiger partial charge in [-0.05, 0) is 31.7 Å². The van der Waals surface area contributed by atoms with Crippen LogP contribution in [0.4, 0.5) is 0 Å². The molecule has 1 saturated carbocycles. The van der Waals surface area contributed by atoms with E-state index in [1.54, 1.807) is 0 Å². The zero-order valence-corrected chi connectivity index (χ0v) is 9.91. The van der Waals surface area contributed by atoms with Crippen LogP contribution in [0.2, 0.25) is 0 Å². The fourth-order valence-electron chi connectivity index (χ4n) is 2.26. The van der Waals surface area contributed by atoms with Gasteiger partial charge in [-0.2, -0.15) is 0 Å². The van der Waals surface area contributed by atoms with Crippen LogP contribution in [0.1, 0.15) is 46.0 Å². The van der Waals surface area contributed by atoms with E-state index >= 15 is 0 Å². The highest BCUT2D eigenvalue weighted by Gasteiger charge is 2.23. The van der Waals surface area contributed by atoms with Crippen LogP contribution in [-0.4, -0.2) is 35.1 Å². The summed E-state index contributed by atoms with van der Waals surface area (Å²) < 4.78 is 0.